The Bertz CT molecular complexity index is 744. The lowest BCUT2D eigenvalue weighted by molar-refractivity contribution is -0.122. The van der Waals surface area contributed by atoms with E-state index in [4.69, 9.17) is 9.63 Å². The van der Waals surface area contributed by atoms with Crippen molar-refractivity contribution in [2.75, 3.05) is 13.1 Å². The molecule has 2 unspecified atom stereocenters. The van der Waals surface area contributed by atoms with E-state index in [2.05, 4.69) is 15.8 Å². The fourth-order valence-electron chi connectivity index (χ4n) is 3.37. The number of benzene rings is 1. The molecule has 1 aromatic carbocycles. The molecule has 26 heavy (non-hydrogen) atoms. The van der Waals surface area contributed by atoms with Crippen LogP contribution in [-0.4, -0.2) is 35.2 Å². The van der Waals surface area contributed by atoms with Gasteiger partial charge in [-0.2, -0.15) is 0 Å². The van der Waals surface area contributed by atoms with Gasteiger partial charge in [0.15, 0.2) is 0 Å². The Labute approximate surface area is 151 Å². The number of nitrogens with one attached hydrogen (secondary N) is 2. The highest BCUT2D eigenvalue weighted by Crippen LogP contribution is 2.26. The number of aromatic nitrogens is 1. The van der Waals surface area contributed by atoms with E-state index >= 15 is 0 Å². The Kier molecular flexibility index (Phi) is 6.01. The van der Waals surface area contributed by atoms with Gasteiger partial charge < -0.3 is 20.3 Å². The van der Waals surface area contributed by atoms with Crippen LogP contribution in [0.25, 0.3) is 0 Å². The first-order chi connectivity index (χ1) is 12.6. The van der Waals surface area contributed by atoms with Gasteiger partial charge >= 0.3 is 5.97 Å². The molecule has 0 spiro atoms. The number of amides is 1. The van der Waals surface area contributed by atoms with E-state index in [-0.39, 0.29) is 23.5 Å². The van der Waals surface area contributed by atoms with Gasteiger partial charge in [-0.05, 0) is 43.3 Å². The lowest BCUT2D eigenvalue weighted by atomic mass is 9.81. The van der Waals surface area contributed by atoms with Crippen molar-refractivity contribution >= 4 is 11.9 Å². The normalized spacial score (nSPS) is 19.8. The molecule has 1 aliphatic heterocycles. The summed E-state index contributed by atoms with van der Waals surface area (Å²) in [5.74, 6) is -0.782. The molecular weight excluding hydrogens is 334 g/mol. The summed E-state index contributed by atoms with van der Waals surface area (Å²) in [6, 6.07) is 11.3. The molecule has 0 radical (unpaired) electrons. The molecule has 2 aromatic rings. The predicted molar refractivity (Wildman–Crippen MR) is 94.5 cm³/mol. The van der Waals surface area contributed by atoms with Crippen LogP contribution in [0.15, 0.2) is 40.9 Å². The third kappa shape index (κ3) is 4.92. The minimum Gasteiger partial charge on any atom is -0.475 e. The Morgan fingerprint density at radius 1 is 1.27 bits per heavy atom. The molecular formula is C19H23N3O4. The quantitative estimate of drug-likeness (QED) is 0.698. The van der Waals surface area contributed by atoms with E-state index in [1.54, 1.807) is 0 Å². The summed E-state index contributed by atoms with van der Waals surface area (Å²) in [4.78, 5) is 23.2. The number of piperidine rings is 1. The lowest BCUT2D eigenvalue weighted by Crippen LogP contribution is -2.40. The van der Waals surface area contributed by atoms with Gasteiger partial charge in [-0.1, -0.05) is 35.5 Å². The van der Waals surface area contributed by atoms with Crippen LogP contribution in [0.1, 0.15) is 34.7 Å². The fraction of sp³-hybridized carbons (Fsp3) is 0.421. The average Bonchev–Trinajstić information content (AvgIpc) is 3.11. The minimum atomic E-state index is -1.12. The first kappa shape index (κ1) is 18.1. The molecule has 7 nitrogen and oxygen atoms in total. The topological polar surface area (TPSA) is 104 Å². The van der Waals surface area contributed by atoms with Gasteiger partial charge in [-0.3, -0.25) is 4.79 Å². The molecule has 3 rings (SSSR count). The van der Waals surface area contributed by atoms with E-state index in [0.29, 0.717) is 25.1 Å². The summed E-state index contributed by atoms with van der Waals surface area (Å²) in [5.41, 5.74) is 1.69. The van der Waals surface area contributed by atoms with Crippen LogP contribution in [-0.2, 0) is 17.8 Å². The molecule has 1 saturated heterocycles. The standard InChI is InChI=1S/C19H23N3O4/c23-18(21-11-13-4-2-1-3-5-13)9-14-6-7-20-12-15(14)8-16-10-17(19(24)25)26-22-16/h1-5,10,14-15,20H,6-9,11-12H2,(H,21,23)(H,24,25). The van der Waals surface area contributed by atoms with Gasteiger partial charge in [0, 0.05) is 19.0 Å². The predicted octanol–water partition coefficient (Wildman–Crippen LogP) is 1.85. The number of aromatic carboxylic acids is 1. The maximum Gasteiger partial charge on any atom is 0.374 e. The Morgan fingerprint density at radius 2 is 2.08 bits per heavy atom. The molecule has 3 N–H and O–H groups in total. The zero-order valence-corrected chi connectivity index (χ0v) is 14.5. The van der Waals surface area contributed by atoms with Crippen molar-refractivity contribution in [3.8, 4) is 0 Å². The van der Waals surface area contributed by atoms with Gasteiger partial charge in [-0.15, -0.1) is 0 Å². The molecule has 0 bridgehead atoms. The van der Waals surface area contributed by atoms with E-state index in [0.717, 1.165) is 25.1 Å². The van der Waals surface area contributed by atoms with Gasteiger partial charge in [0.05, 0.1) is 5.69 Å². The van der Waals surface area contributed by atoms with Crippen LogP contribution in [0.4, 0.5) is 0 Å². The third-order valence-corrected chi connectivity index (χ3v) is 4.79. The van der Waals surface area contributed by atoms with Crippen molar-refractivity contribution in [2.45, 2.75) is 25.8 Å². The van der Waals surface area contributed by atoms with Crippen molar-refractivity contribution in [2.24, 2.45) is 11.8 Å². The van der Waals surface area contributed by atoms with Crippen LogP contribution >= 0.6 is 0 Å². The summed E-state index contributed by atoms with van der Waals surface area (Å²) in [7, 11) is 0. The fourth-order valence-corrected chi connectivity index (χ4v) is 3.37. The molecule has 0 saturated carbocycles. The second-order valence-corrected chi connectivity index (χ2v) is 6.67. The monoisotopic (exact) mass is 357 g/mol. The van der Waals surface area contributed by atoms with Crippen molar-refractivity contribution in [1.82, 2.24) is 15.8 Å². The summed E-state index contributed by atoms with van der Waals surface area (Å²) >= 11 is 0. The van der Waals surface area contributed by atoms with E-state index in [9.17, 15) is 9.59 Å². The number of rotatable bonds is 7. The third-order valence-electron chi connectivity index (χ3n) is 4.79. The van der Waals surface area contributed by atoms with Crippen molar-refractivity contribution < 1.29 is 19.2 Å². The van der Waals surface area contributed by atoms with Gasteiger partial charge in [0.2, 0.25) is 11.7 Å². The Hall–Kier alpha value is -2.67. The van der Waals surface area contributed by atoms with Crippen LogP contribution in [0.2, 0.25) is 0 Å². The molecule has 1 amide bonds. The number of hydrogen-bond acceptors (Lipinski definition) is 5. The molecule has 2 atom stereocenters. The van der Waals surface area contributed by atoms with Crippen LogP contribution < -0.4 is 10.6 Å². The van der Waals surface area contributed by atoms with Crippen LogP contribution in [0.5, 0.6) is 0 Å². The second-order valence-electron chi connectivity index (χ2n) is 6.67. The van der Waals surface area contributed by atoms with E-state index in [1.165, 1.54) is 6.07 Å². The van der Waals surface area contributed by atoms with E-state index < -0.39 is 5.97 Å². The molecule has 1 aromatic heterocycles. The number of hydrogen-bond donors (Lipinski definition) is 3. The highest BCUT2D eigenvalue weighted by molar-refractivity contribution is 5.84. The first-order valence-electron chi connectivity index (χ1n) is 8.82. The Morgan fingerprint density at radius 3 is 2.81 bits per heavy atom. The number of nitrogens with zero attached hydrogens (tertiary/aromatic N) is 1. The smallest absolute Gasteiger partial charge is 0.374 e. The molecule has 0 aliphatic carbocycles. The van der Waals surface area contributed by atoms with E-state index in [1.807, 2.05) is 30.3 Å². The van der Waals surface area contributed by atoms with Crippen molar-refractivity contribution in [1.29, 1.82) is 0 Å². The number of carboxylic acids is 1. The Balaban J connectivity index is 1.54. The van der Waals surface area contributed by atoms with Gasteiger partial charge in [0.25, 0.3) is 0 Å². The highest BCUT2D eigenvalue weighted by atomic mass is 16.5. The number of carbonyl (C=O) groups is 2. The number of carbonyl (C=O) groups excluding carboxylic acids is 1. The highest BCUT2D eigenvalue weighted by Gasteiger charge is 2.28. The summed E-state index contributed by atoms with van der Waals surface area (Å²) < 4.78 is 4.82. The summed E-state index contributed by atoms with van der Waals surface area (Å²) in [6.07, 6.45) is 1.97. The SMILES string of the molecule is O=C(CC1CCNCC1Cc1cc(C(=O)O)on1)NCc1ccccc1. The van der Waals surface area contributed by atoms with Crippen LogP contribution in [0, 0.1) is 11.8 Å². The first-order valence-corrected chi connectivity index (χ1v) is 8.82. The van der Waals surface area contributed by atoms with Gasteiger partial charge in [0.1, 0.15) is 0 Å². The maximum atomic E-state index is 12.3. The number of carboxylic acid groups (broad SMARTS) is 1. The minimum absolute atomic E-state index is 0.0390. The summed E-state index contributed by atoms with van der Waals surface area (Å²) in [6.45, 7) is 2.19. The van der Waals surface area contributed by atoms with Crippen LogP contribution in [0.3, 0.4) is 0 Å². The van der Waals surface area contributed by atoms with Gasteiger partial charge in [-0.25, -0.2) is 4.79 Å². The van der Waals surface area contributed by atoms with Crippen molar-refractivity contribution in [3.63, 3.8) is 0 Å². The average molecular weight is 357 g/mol. The lowest BCUT2D eigenvalue weighted by Gasteiger charge is -2.31. The van der Waals surface area contributed by atoms with Crippen molar-refractivity contribution in [3.05, 3.63) is 53.4 Å². The molecule has 2 heterocycles. The zero-order valence-electron chi connectivity index (χ0n) is 14.5. The summed E-state index contributed by atoms with van der Waals surface area (Å²) in [5, 5.41) is 19.1. The molecule has 1 aliphatic rings. The second kappa shape index (κ2) is 8.62. The largest absolute Gasteiger partial charge is 0.475 e. The molecule has 7 heteroatoms. The molecule has 1 fully saturated rings. The maximum absolute atomic E-state index is 12.3. The zero-order chi connectivity index (χ0) is 18.4. The molecule has 138 valence electrons.